The lowest BCUT2D eigenvalue weighted by atomic mass is 9.93. The monoisotopic (exact) mass is 596 g/mol. The molecular weight excluding hydrogens is 560 g/mol. The van der Waals surface area contributed by atoms with Crippen LogP contribution in [0.5, 0.6) is 5.75 Å². The van der Waals surface area contributed by atoms with E-state index in [2.05, 4.69) is 32.9 Å². The summed E-state index contributed by atoms with van der Waals surface area (Å²) in [6.45, 7) is 8.88. The Balaban J connectivity index is 1.57. The molecule has 0 aliphatic carbocycles. The molecule has 1 atom stereocenters. The number of rotatable bonds is 10. The highest BCUT2D eigenvalue weighted by Gasteiger charge is 2.33. The van der Waals surface area contributed by atoms with Gasteiger partial charge in [-0.05, 0) is 48.6 Å². The molecule has 2 heterocycles. The first-order chi connectivity index (χ1) is 20.8. The number of carbonyl (C=O) groups excluding carboxylic acids is 1. The van der Waals surface area contributed by atoms with Crippen molar-refractivity contribution in [2.45, 2.75) is 46.3 Å². The number of carbonyl (C=O) groups is 1. The van der Waals surface area contributed by atoms with Gasteiger partial charge >= 0.3 is 5.97 Å². The molecule has 43 heavy (non-hydrogen) atoms. The number of nitrogens with zero attached hydrogens (tertiary/aromatic N) is 2. The van der Waals surface area contributed by atoms with Crippen LogP contribution in [0.4, 0.5) is 0 Å². The van der Waals surface area contributed by atoms with E-state index < -0.39 is 12.0 Å². The van der Waals surface area contributed by atoms with Crippen molar-refractivity contribution in [1.82, 2.24) is 4.57 Å². The molecule has 0 saturated carbocycles. The van der Waals surface area contributed by atoms with Crippen LogP contribution in [0.25, 0.3) is 6.08 Å². The van der Waals surface area contributed by atoms with Gasteiger partial charge < -0.3 is 14.2 Å². The maximum Gasteiger partial charge on any atom is 0.338 e. The van der Waals surface area contributed by atoms with Crippen molar-refractivity contribution >= 4 is 23.4 Å². The van der Waals surface area contributed by atoms with E-state index in [-0.39, 0.29) is 18.8 Å². The van der Waals surface area contributed by atoms with Crippen LogP contribution in [-0.2, 0) is 20.9 Å². The average Bonchev–Trinajstić information content (AvgIpc) is 3.30. The lowest BCUT2D eigenvalue weighted by Crippen LogP contribution is -2.40. The van der Waals surface area contributed by atoms with E-state index in [0.29, 0.717) is 38.9 Å². The summed E-state index contributed by atoms with van der Waals surface area (Å²) in [5, 5.41) is 0. The highest BCUT2D eigenvalue weighted by molar-refractivity contribution is 7.07. The number of allylic oxidation sites excluding steroid dienone is 1. The van der Waals surface area contributed by atoms with Crippen molar-refractivity contribution in [3.8, 4) is 5.75 Å². The Morgan fingerprint density at radius 3 is 2.42 bits per heavy atom. The first-order valence-electron chi connectivity index (χ1n) is 14.3. The zero-order chi connectivity index (χ0) is 30.5. The third-order valence-electron chi connectivity index (χ3n) is 7.40. The molecule has 0 fully saturated rings. The minimum atomic E-state index is -0.678. The molecule has 7 nitrogen and oxygen atoms in total. The fourth-order valence-corrected chi connectivity index (χ4v) is 6.01. The third kappa shape index (κ3) is 6.71. The normalized spacial score (nSPS) is 14.9. The van der Waals surface area contributed by atoms with Gasteiger partial charge in [0.2, 0.25) is 0 Å². The van der Waals surface area contributed by atoms with Gasteiger partial charge in [0.15, 0.2) is 4.80 Å². The summed E-state index contributed by atoms with van der Waals surface area (Å²) in [7, 11) is 1.55. The summed E-state index contributed by atoms with van der Waals surface area (Å²) < 4.78 is 18.9. The maximum absolute atomic E-state index is 14.1. The number of ether oxygens (including phenoxy) is 3. The topological polar surface area (TPSA) is 79.1 Å². The van der Waals surface area contributed by atoms with Crippen molar-refractivity contribution in [3.05, 3.63) is 132 Å². The van der Waals surface area contributed by atoms with Crippen LogP contribution in [-0.4, -0.2) is 30.9 Å². The molecule has 3 aromatic carbocycles. The van der Waals surface area contributed by atoms with Gasteiger partial charge in [-0.1, -0.05) is 97.5 Å². The SMILES string of the molecule is COCCOC(=O)C1=C(C)N=c2sc(=Cc3ccccc3OCc3ccc(C)cc3)c(=O)n2C1c1ccc(C(C)C)cc1. The van der Waals surface area contributed by atoms with Gasteiger partial charge in [0.1, 0.15) is 19.0 Å². The van der Waals surface area contributed by atoms with Gasteiger partial charge in [-0.2, -0.15) is 0 Å². The van der Waals surface area contributed by atoms with Crippen LogP contribution >= 0.6 is 11.3 Å². The maximum atomic E-state index is 14.1. The van der Waals surface area contributed by atoms with Gasteiger partial charge in [-0.3, -0.25) is 9.36 Å². The lowest BCUT2D eigenvalue weighted by Gasteiger charge is -2.25. The standard InChI is InChI=1S/C35H36N2O5S/c1-22(2)26-14-16-27(17-15-26)32-31(34(39)41-19-18-40-5)24(4)36-35-37(32)33(38)30(43-35)20-28-8-6-7-9-29(28)42-21-25-12-10-23(3)11-13-25/h6-17,20,22,32H,18-19,21H2,1-5H3. The molecule has 1 aliphatic heterocycles. The quantitative estimate of drug-likeness (QED) is 0.180. The number of fused-ring (bicyclic) bond motifs is 1. The Labute approximate surface area is 255 Å². The van der Waals surface area contributed by atoms with Crippen LogP contribution in [0, 0.1) is 6.92 Å². The van der Waals surface area contributed by atoms with Gasteiger partial charge in [0.25, 0.3) is 5.56 Å². The number of aromatic nitrogens is 1. The Bertz CT molecular complexity index is 1820. The fraction of sp³-hybridized carbons (Fsp3) is 0.286. The van der Waals surface area contributed by atoms with Gasteiger partial charge in [0, 0.05) is 12.7 Å². The van der Waals surface area contributed by atoms with E-state index in [1.54, 1.807) is 18.6 Å². The van der Waals surface area contributed by atoms with Crippen LogP contribution < -0.4 is 19.6 Å². The Hall–Kier alpha value is -4.27. The molecule has 1 aliphatic rings. The average molecular weight is 597 g/mol. The zero-order valence-electron chi connectivity index (χ0n) is 25.1. The van der Waals surface area contributed by atoms with Gasteiger partial charge in [-0.15, -0.1) is 0 Å². The third-order valence-corrected chi connectivity index (χ3v) is 8.38. The number of thiazole rings is 1. The van der Waals surface area contributed by atoms with Gasteiger partial charge in [-0.25, -0.2) is 9.79 Å². The van der Waals surface area contributed by atoms with E-state index in [1.807, 2.05) is 66.7 Å². The number of hydrogen-bond donors (Lipinski definition) is 0. The number of para-hydroxylation sites is 1. The first-order valence-corrected chi connectivity index (χ1v) is 15.1. The number of esters is 1. The smallest absolute Gasteiger partial charge is 0.338 e. The van der Waals surface area contributed by atoms with Crippen molar-refractivity contribution in [2.24, 2.45) is 4.99 Å². The molecule has 4 aromatic rings. The Morgan fingerprint density at radius 1 is 1.00 bits per heavy atom. The molecule has 5 rings (SSSR count). The first kappa shape index (κ1) is 30.2. The highest BCUT2D eigenvalue weighted by atomic mass is 32.1. The summed E-state index contributed by atoms with van der Waals surface area (Å²) in [5.41, 5.74) is 5.65. The summed E-state index contributed by atoms with van der Waals surface area (Å²) in [5.74, 6) is 0.508. The summed E-state index contributed by atoms with van der Waals surface area (Å²) >= 11 is 1.29. The minimum absolute atomic E-state index is 0.106. The predicted molar refractivity (Wildman–Crippen MR) is 169 cm³/mol. The predicted octanol–water partition coefficient (Wildman–Crippen LogP) is 5.44. The van der Waals surface area contributed by atoms with Crippen molar-refractivity contribution < 1.29 is 19.0 Å². The molecule has 8 heteroatoms. The largest absolute Gasteiger partial charge is 0.488 e. The lowest BCUT2D eigenvalue weighted by molar-refractivity contribution is -0.140. The van der Waals surface area contributed by atoms with Crippen LogP contribution in [0.2, 0.25) is 0 Å². The molecule has 0 radical (unpaired) electrons. The van der Waals surface area contributed by atoms with E-state index in [1.165, 1.54) is 22.5 Å². The van der Waals surface area contributed by atoms with Crippen molar-refractivity contribution in [2.75, 3.05) is 20.3 Å². The number of aryl methyl sites for hydroxylation is 1. The number of hydrogen-bond acceptors (Lipinski definition) is 7. The summed E-state index contributed by atoms with van der Waals surface area (Å²) in [4.78, 5) is 32.7. The Kier molecular flexibility index (Phi) is 9.38. The fourth-order valence-electron chi connectivity index (χ4n) is 4.97. The van der Waals surface area contributed by atoms with Crippen LogP contribution in [0.15, 0.2) is 93.9 Å². The van der Waals surface area contributed by atoms with Crippen LogP contribution in [0.1, 0.15) is 60.5 Å². The highest BCUT2D eigenvalue weighted by Crippen LogP contribution is 2.31. The summed E-state index contributed by atoms with van der Waals surface area (Å²) in [6.07, 6.45) is 1.84. The second kappa shape index (κ2) is 13.4. The molecule has 1 aromatic heterocycles. The molecule has 1 unspecified atom stereocenters. The second-order valence-electron chi connectivity index (χ2n) is 10.8. The Morgan fingerprint density at radius 2 is 1.72 bits per heavy atom. The molecule has 0 amide bonds. The van der Waals surface area contributed by atoms with E-state index in [9.17, 15) is 9.59 Å². The molecule has 0 bridgehead atoms. The van der Waals surface area contributed by atoms with E-state index in [0.717, 1.165) is 16.7 Å². The number of benzene rings is 3. The molecular formula is C35H36N2O5S. The van der Waals surface area contributed by atoms with Crippen LogP contribution in [0.3, 0.4) is 0 Å². The number of methoxy groups -OCH3 is 1. The summed E-state index contributed by atoms with van der Waals surface area (Å²) in [6, 6.07) is 23.2. The van der Waals surface area contributed by atoms with Crippen molar-refractivity contribution in [3.63, 3.8) is 0 Å². The molecule has 222 valence electrons. The molecule has 0 spiro atoms. The minimum Gasteiger partial charge on any atom is -0.488 e. The molecule has 0 N–H and O–H groups in total. The van der Waals surface area contributed by atoms with Gasteiger partial charge in [0.05, 0.1) is 28.5 Å². The van der Waals surface area contributed by atoms with Crippen molar-refractivity contribution in [1.29, 1.82) is 0 Å². The molecule has 0 saturated heterocycles. The van der Waals surface area contributed by atoms with E-state index >= 15 is 0 Å². The van der Waals surface area contributed by atoms with E-state index in [4.69, 9.17) is 19.2 Å². The second-order valence-corrected chi connectivity index (χ2v) is 11.9. The zero-order valence-corrected chi connectivity index (χ0v) is 25.9.